The van der Waals surface area contributed by atoms with Crippen LogP contribution in [0, 0.1) is 0 Å². The normalized spacial score (nSPS) is 11.6. The smallest absolute Gasteiger partial charge is 0.363 e. The molecule has 0 unspecified atom stereocenters. The molecule has 3 rings (SSSR count). The highest BCUT2D eigenvalue weighted by atomic mass is 16.5. The van der Waals surface area contributed by atoms with E-state index in [2.05, 4.69) is 24.3 Å². The molecule has 0 saturated heterocycles. The zero-order valence-corrected chi connectivity index (χ0v) is 17.3. The average molecular weight is 407 g/mol. The maximum absolute atomic E-state index is 12.5. The monoisotopic (exact) mass is 407 g/mol. The fraction of sp³-hybridized carbons (Fsp3) is 0.261. The average Bonchev–Trinajstić information content (AvgIpc) is 3.22. The van der Waals surface area contributed by atoms with Crippen LogP contribution >= 0.6 is 0 Å². The Morgan fingerprint density at radius 3 is 2.50 bits per heavy atom. The maximum Gasteiger partial charge on any atom is 0.363 e. The Labute approximate surface area is 175 Å². The van der Waals surface area contributed by atoms with Crippen LogP contribution in [-0.4, -0.2) is 35.4 Å². The fourth-order valence-electron chi connectivity index (χ4n) is 3.01. The molecule has 30 heavy (non-hydrogen) atoms. The van der Waals surface area contributed by atoms with E-state index in [1.54, 1.807) is 6.20 Å². The molecule has 1 atom stereocenters. The zero-order valence-electron chi connectivity index (χ0n) is 17.3. The van der Waals surface area contributed by atoms with Crippen LogP contribution in [0.3, 0.4) is 0 Å². The number of nitrogens with zero attached hydrogens (tertiary/aromatic N) is 2. The molecule has 0 aliphatic rings. The largest absolute Gasteiger partial charge is 0.493 e. The van der Waals surface area contributed by atoms with Gasteiger partial charge in [-0.15, -0.1) is 0 Å². The van der Waals surface area contributed by atoms with Crippen molar-refractivity contribution in [2.45, 2.75) is 26.2 Å². The summed E-state index contributed by atoms with van der Waals surface area (Å²) in [5, 5.41) is 7.07. The lowest BCUT2D eigenvalue weighted by Crippen LogP contribution is -2.22. The van der Waals surface area contributed by atoms with Gasteiger partial charge in [-0.05, 0) is 36.1 Å². The van der Waals surface area contributed by atoms with Gasteiger partial charge in [0.25, 0.3) is 5.91 Å². The molecule has 0 saturated carbocycles. The molecule has 7 heteroatoms. The summed E-state index contributed by atoms with van der Waals surface area (Å²) >= 11 is 0. The third-order valence-electron chi connectivity index (χ3n) is 4.83. The molecular weight excluding hydrogens is 382 g/mol. The van der Waals surface area contributed by atoms with Crippen molar-refractivity contribution in [2.24, 2.45) is 0 Å². The molecule has 156 valence electrons. The summed E-state index contributed by atoms with van der Waals surface area (Å²) < 4.78 is 11.9. The second kappa shape index (κ2) is 9.73. The highest BCUT2D eigenvalue weighted by Crippen LogP contribution is 2.26. The topological polar surface area (TPSA) is 82.5 Å². The van der Waals surface area contributed by atoms with Gasteiger partial charge < -0.3 is 14.8 Å². The fourth-order valence-corrected chi connectivity index (χ4v) is 3.01. The minimum atomic E-state index is -0.730. The predicted octanol–water partition coefficient (Wildman–Crippen LogP) is 4.19. The highest BCUT2D eigenvalue weighted by Gasteiger charge is 2.21. The third-order valence-corrected chi connectivity index (χ3v) is 4.83. The SMILES string of the molecule is CC[C@H](C)c1ccccc1NC(=O)COC(=O)c1nn(-c2ccccc2)cc1OC. The minimum absolute atomic E-state index is 0.00848. The molecule has 7 nitrogen and oxygen atoms in total. The van der Waals surface area contributed by atoms with Gasteiger partial charge in [0.2, 0.25) is 5.69 Å². The summed E-state index contributed by atoms with van der Waals surface area (Å²) in [6.45, 7) is 3.77. The lowest BCUT2D eigenvalue weighted by atomic mass is 9.97. The number of rotatable bonds is 8. The number of anilines is 1. The predicted molar refractivity (Wildman–Crippen MR) is 114 cm³/mol. The highest BCUT2D eigenvalue weighted by molar-refractivity contribution is 5.96. The van der Waals surface area contributed by atoms with Crippen molar-refractivity contribution in [3.8, 4) is 11.4 Å². The third kappa shape index (κ3) is 4.86. The number of carbonyl (C=O) groups is 2. The van der Waals surface area contributed by atoms with Crippen LogP contribution in [0.2, 0.25) is 0 Å². The van der Waals surface area contributed by atoms with Crippen LogP contribution in [0.4, 0.5) is 5.69 Å². The number of ether oxygens (including phenoxy) is 2. The van der Waals surface area contributed by atoms with Crippen LogP contribution < -0.4 is 10.1 Å². The summed E-state index contributed by atoms with van der Waals surface area (Å²) in [5.41, 5.74) is 2.55. The Kier molecular flexibility index (Phi) is 6.85. The van der Waals surface area contributed by atoms with Gasteiger partial charge in [0, 0.05) is 5.69 Å². The number of hydrogen-bond acceptors (Lipinski definition) is 5. The van der Waals surface area contributed by atoms with E-state index in [0.717, 1.165) is 23.4 Å². The first kappa shape index (κ1) is 21.1. The van der Waals surface area contributed by atoms with E-state index in [4.69, 9.17) is 9.47 Å². The molecule has 0 bridgehead atoms. The second-order valence-corrected chi connectivity index (χ2v) is 6.85. The summed E-state index contributed by atoms with van der Waals surface area (Å²) in [4.78, 5) is 24.8. The Hall–Kier alpha value is -3.61. The van der Waals surface area contributed by atoms with Crippen molar-refractivity contribution >= 4 is 17.6 Å². The molecule has 3 aromatic rings. The van der Waals surface area contributed by atoms with Crippen LogP contribution in [0.1, 0.15) is 42.2 Å². The van der Waals surface area contributed by atoms with Crippen LogP contribution in [0.5, 0.6) is 5.75 Å². The summed E-state index contributed by atoms with van der Waals surface area (Å²) in [7, 11) is 1.45. The van der Waals surface area contributed by atoms with Gasteiger partial charge in [0.05, 0.1) is 19.0 Å². The molecule has 2 aromatic carbocycles. The van der Waals surface area contributed by atoms with E-state index < -0.39 is 18.5 Å². The zero-order chi connectivity index (χ0) is 21.5. The van der Waals surface area contributed by atoms with Crippen LogP contribution in [0.15, 0.2) is 60.8 Å². The van der Waals surface area contributed by atoms with Gasteiger partial charge in [-0.1, -0.05) is 50.2 Å². The van der Waals surface area contributed by atoms with E-state index in [1.807, 2.05) is 54.6 Å². The number of methoxy groups -OCH3 is 1. The molecule has 1 heterocycles. The van der Waals surface area contributed by atoms with Gasteiger partial charge >= 0.3 is 5.97 Å². The summed E-state index contributed by atoms with van der Waals surface area (Å²) in [6.07, 6.45) is 2.54. The lowest BCUT2D eigenvalue weighted by Gasteiger charge is -2.15. The van der Waals surface area contributed by atoms with Crippen molar-refractivity contribution in [1.82, 2.24) is 9.78 Å². The van der Waals surface area contributed by atoms with Gasteiger partial charge in [-0.25, -0.2) is 9.48 Å². The summed E-state index contributed by atoms with van der Waals surface area (Å²) in [5.74, 6) is -0.575. The molecule has 0 aliphatic heterocycles. The molecule has 1 N–H and O–H groups in total. The Morgan fingerprint density at radius 2 is 1.80 bits per heavy atom. The lowest BCUT2D eigenvalue weighted by molar-refractivity contribution is -0.119. The molecule has 0 fully saturated rings. The Morgan fingerprint density at radius 1 is 1.10 bits per heavy atom. The van der Waals surface area contributed by atoms with E-state index in [0.29, 0.717) is 5.92 Å². The minimum Gasteiger partial charge on any atom is -0.493 e. The van der Waals surface area contributed by atoms with Crippen molar-refractivity contribution < 1.29 is 19.1 Å². The van der Waals surface area contributed by atoms with Crippen molar-refractivity contribution in [2.75, 3.05) is 19.0 Å². The number of nitrogens with one attached hydrogen (secondary N) is 1. The Bertz CT molecular complexity index is 1010. The Balaban J connectivity index is 1.66. The van der Waals surface area contributed by atoms with Crippen LogP contribution in [0.25, 0.3) is 5.69 Å². The van der Waals surface area contributed by atoms with E-state index in [-0.39, 0.29) is 11.4 Å². The second-order valence-electron chi connectivity index (χ2n) is 6.85. The first-order valence-electron chi connectivity index (χ1n) is 9.78. The molecule has 1 aromatic heterocycles. The van der Waals surface area contributed by atoms with Crippen molar-refractivity contribution in [3.05, 3.63) is 72.1 Å². The molecule has 0 radical (unpaired) electrons. The summed E-state index contributed by atoms with van der Waals surface area (Å²) in [6, 6.07) is 16.9. The molecular formula is C23H25N3O4. The van der Waals surface area contributed by atoms with Crippen molar-refractivity contribution in [1.29, 1.82) is 0 Å². The van der Waals surface area contributed by atoms with Gasteiger partial charge in [0.1, 0.15) is 0 Å². The van der Waals surface area contributed by atoms with Gasteiger partial charge in [0.15, 0.2) is 12.4 Å². The number of esters is 1. The number of para-hydroxylation sites is 2. The standard InChI is InChI=1S/C23H25N3O4/c1-4-16(2)18-12-8-9-13-19(18)24-21(27)15-30-23(28)22-20(29-3)14-26(25-22)17-10-6-5-7-11-17/h5-14,16H,4,15H2,1-3H3,(H,24,27)/t16-/m0/s1. The number of amides is 1. The van der Waals surface area contributed by atoms with E-state index in [9.17, 15) is 9.59 Å². The van der Waals surface area contributed by atoms with E-state index >= 15 is 0 Å². The molecule has 0 aliphatic carbocycles. The maximum atomic E-state index is 12.5. The first-order chi connectivity index (χ1) is 14.5. The number of benzene rings is 2. The molecule has 0 spiro atoms. The van der Waals surface area contributed by atoms with Crippen molar-refractivity contribution in [3.63, 3.8) is 0 Å². The first-order valence-corrected chi connectivity index (χ1v) is 9.78. The van der Waals surface area contributed by atoms with Gasteiger partial charge in [-0.3, -0.25) is 4.79 Å². The van der Waals surface area contributed by atoms with E-state index in [1.165, 1.54) is 11.8 Å². The number of aromatic nitrogens is 2. The quantitative estimate of drug-likeness (QED) is 0.566. The number of carbonyl (C=O) groups excluding carboxylic acids is 2. The van der Waals surface area contributed by atoms with Gasteiger partial charge in [-0.2, -0.15) is 5.10 Å². The van der Waals surface area contributed by atoms with Crippen LogP contribution in [-0.2, 0) is 9.53 Å². The number of hydrogen-bond donors (Lipinski definition) is 1. The molecule has 1 amide bonds.